The molecule has 2 N–H and O–H groups in total. The summed E-state index contributed by atoms with van der Waals surface area (Å²) in [5, 5.41) is 0. The molecule has 2 unspecified atom stereocenters. The number of amides is 1. The van der Waals surface area contributed by atoms with Crippen molar-refractivity contribution in [2.45, 2.75) is 51.7 Å². The molecule has 1 amide bonds. The Morgan fingerprint density at radius 2 is 2.24 bits per heavy atom. The van der Waals surface area contributed by atoms with Gasteiger partial charge in [-0.3, -0.25) is 9.69 Å². The molecule has 3 rings (SSSR count). The Hall–Kier alpha value is -1.49. The van der Waals surface area contributed by atoms with E-state index in [0.717, 1.165) is 31.7 Å². The summed E-state index contributed by atoms with van der Waals surface area (Å²) < 4.78 is 2.01. The second-order valence-electron chi connectivity index (χ2n) is 6.45. The molecule has 1 aromatic heterocycles. The first kappa shape index (κ1) is 14.4. The first-order valence-corrected chi connectivity index (χ1v) is 8.10. The quantitative estimate of drug-likeness (QED) is 0.923. The number of hydrogen-bond acceptors (Lipinski definition) is 3. The van der Waals surface area contributed by atoms with Crippen molar-refractivity contribution in [1.82, 2.24) is 14.4 Å². The fourth-order valence-electron chi connectivity index (χ4n) is 3.76. The van der Waals surface area contributed by atoms with E-state index in [0.29, 0.717) is 11.7 Å². The number of fused-ring (bicyclic) bond motifs is 1. The van der Waals surface area contributed by atoms with Gasteiger partial charge in [0.1, 0.15) is 5.69 Å². The third-order valence-electron chi connectivity index (χ3n) is 4.80. The fourth-order valence-corrected chi connectivity index (χ4v) is 3.76. The lowest BCUT2D eigenvalue weighted by Gasteiger charge is -2.42. The summed E-state index contributed by atoms with van der Waals surface area (Å²) in [6.07, 6.45) is 5.36. The highest BCUT2D eigenvalue weighted by Gasteiger charge is 2.37. The molecule has 2 fully saturated rings. The molecule has 116 valence electrons. The van der Waals surface area contributed by atoms with Crippen LogP contribution in [0.3, 0.4) is 0 Å². The number of hydrogen-bond donors (Lipinski definition) is 1. The van der Waals surface area contributed by atoms with Gasteiger partial charge in [-0.1, -0.05) is 6.92 Å². The fraction of sp³-hybridized carbons (Fsp3) is 0.688. The lowest BCUT2D eigenvalue weighted by atomic mass is 10.1. The Morgan fingerprint density at radius 3 is 3.00 bits per heavy atom. The molecule has 0 aromatic carbocycles. The van der Waals surface area contributed by atoms with Gasteiger partial charge in [-0.25, -0.2) is 0 Å². The van der Waals surface area contributed by atoms with Crippen LogP contribution in [0.4, 0.5) is 5.69 Å². The maximum absolute atomic E-state index is 12.9. The number of aromatic nitrogens is 1. The summed E-state index contributed by atoms with van der Waals surface area (Å²) in [5.74, 6) is 0.138. The number of piperazine rings is 1. The van der Waals surface area contributed by atoms with E-state index in [9.17, 15) is 4.79 Å². The number of nitrogens with two attached hydrogens (primary N) is 1. The van der Waals surface area contributed by atoms with Crippen molar-refractivity contribution in [1.29, 1.82) is 0 Å². The van der Waals surface area contributed by atoms with Crippen LogP contribution in [0.2, 0.25) is 0 Å². The van der Waals surface area contributed by atoms with Gasteiger partial charge >= 0.3 is 0 Å². The van der Waals surface area contributed by atoms with Gasteiger partial charge in [0.2, 0.25) is 0 Å². The molecule has 2 atom stereocenters. The zero-order valence-corrected chi connectivity index (χ0v) is 13.1. The van der Waals surface area contributed by atoms with Crippen molar-refractivity contribution in [3.63, 3.8) is 0 Å². The van der Waals surface area contributed by atoms with Gasteiger partial charge in [-0.15, -0.1) is 0 Å². The van der Waals surface area contributed by atoms with Crippen LogP contribution in [0.25, 0.3) is 0 Å². The molecule has 0 aliphatic carbocycles. The molecule has 21 heavy (non-hydrogen) atoms. The summed E-state index contributed by atoms with van der Waals surface area (Å²) >= 11 is 0. The van der Waals surface area contributed by atoms with Gasteiger partial charge in [0.25, 0.3) is 5.91 Å². The maximum Gasteiger partial charge on any atom is 0.270 e. The molecule has 0 bridgehead atoms. The minimum atomic E-state index is 0.138. The minimum absolute atomic E-state index is 0.138. The maximum atomic E-state index is 12.9. The SMILES string of the molecule is CCCn1cc(N)cc1C(=O)N1CC2CCCN2CC1C. The van der Waals surface area contributed by atoms with Crippen LogP contribution < -0.4 is 5.73 Å². The number of aryl methyl sites for hydroxylation is 1. The lowest BCUT2D eigenvalue weighted by molar-refractivity contribution is 0.0386. The summed E-state index contributed by atoms with van der Waals surface area (Å²) in [4.78, 5) is 17.5. The van der Waals surface area contributed by atoms with Crippen LogP contribution in [0.5, 0.6) is 0 Å². The summed E-state index contributed by atoms with van der Waals surface area (Å²) in [6.45, 7) is 8.16. The van der Waals surface area contributed by atoms with Gasteiger partial charge < -0.3 is 15.2 Å². The molecule has 0 saturated carbocycles. The molecule has 1 aromatic rings. The first-order valence-electron chi connectivity index (χ1n) is 8.10. The highest BCUT2D eigenvalue weighted by Crippen LogP contribution is 2.26. The molecular weight excluding hydrogens is 264 g/mol. The highest BCUT2D eigenvalue weighted by molar-refractivity contribution is 5.94. The number of rotatable bonds is 3. The van der Waals surface area contributed by atoms with E-state index < -0.39 is 0 Å². The molecule has 5 nitrogen and oxygen atoms in total. The van der Waals surface area contributed by atoms with E-state index >= 15 is 0 Å². The molecule has 5 heteroatoms. The third kappa shape index (κ3) is 2.67. The van der Waals surface area contributed by atoms with Gasteiger partial charge in [-0.05, 0) is 38.8 Å². The van der Waals surface area contributed by atoms with E-state index in [4.69, 9.17) is 5.73 Å². The Labute approximate surface area is 126 Å². The monoisotopic (exact) mass is 290 g/mol. The van der Waals surface area contributed by atoms with Gasteiger partial charge in [-0.2, -0.15) is 0 Å². The van der Waals surface area contributed by atoms with E-state index in [2.05, 4.69) is 18.7 Å². The topological polar surface area (TPSA) is 54.5 Å². The van der Waals surface area contributed by atoms with Crippen molar-refractivity contribution in [3.05, 3.63) is 18.0 Å². The normalized spacial score (nSPS) is 26.1. The van der Waals surface area contributed by atoms with Crippen LogP contribution in [0, 0.1) is 0 Å². The smallest absolute Gasteiger partial charge is 0.270 e. The van der Waals surface area contributed by atoms with Gasteiger partial charge in [0.15, 0.2) is 0 Å². The summed E-state index contributed by atoms with van der Waals surface area (Å²) in [7, 11) is 0. The lowest BCUT2D eigenvalue weighted by Crippen LogP contribution is -2.56. The number of anilines is 1. The predicted octanol–water partition coefficient (Wildman–Crippen LogP) is 1.79. The number of carbonyl (C=O) groups excluding carboxylic acids is 1. The minimum Gasteiger partial charge on any atom is -0.397 e. The average Bonchev–Trinajstić information content (AvgIpc) is 3.03. The van der Waals surface area contributed by atoms with Crippen molar-refractivity contribution in [3.8, 4) is 0 Å². The molecule has 2 aliphatic rings. The highest BCUT2D eigenvalue weighted by atomic mass is 16.2. The number of nitrogens with zero attached hydrogens (tertiary/aromatic N) is 3. The Kier molecular flexibility index (Phi) is 3.93. The van der Waals surface area contributed by atoms with E-state index in [1.165, 1.54) is 19.4 Å². The van der Waals surface area contributed by atoms with Gasteiger partial charge in [0, 0.05) is 37.9 Å². The second kappa shape index (κ2) is 5.72. The zero-order valence-electron chi connectivity index (χ0n) is 13.1. The molecule has 0 radical (unpaired) electrons. The van der Waals surface area contributed by atoms with Gasteiger partial charge in [0.05, 0.1) is 5.69 Å². The number of nitrogen functional groups attached to an aromatic ring is 1. The Balaban J connectivity index is 1.81. The molecule has 0 spiro atoms. The largest absolute Gasteiger partial charge is 0.397 e. The van der Waals surface area contributed by atoms with Crippen LogP contribution in [-0.2, 0) is 6.54 Å². The van der Waals surface area contributed by atoms with E-state index in [-0.39, 0.29) is 11.9 Å². The Bertz CT molecular complexity index is 524. The summed E-state index contributed by atoms with van der Waals surface area (Å²) in [6, 6.07) is 2.65. The average molecular weight is 290 g/mol. The van der Waals surface area contributed by atoms with Crippen molar-refractivity contribution in [2.75, 3.05) is 25.4 Å². The Morgan fingerprint density at radius 1 is 1.43 bits per heavy atom. The standard InChI is InChI=1S/C16H26N4O/c1-3-6-19-10-13(17)8-15(19)16(21)20-11-14-5-4-7-18(14)9-12(20)2/h8,10,12,14H,3-7,9,11,17H2,1-2H3. The molecular formula is C16H26N4O. The molecule has 2 aliphatic heterocycles. The van der Waals surface area contributed by atoms with Crippen molar-refractivity contribution < 1.29 is 4.79 Å². The van der Waals surface area contributed by atoms with Crippen LogP contribution >= 0.6 is 0 Å². The van der Waals surface area contributed by atoms with Crippen molar-refractivity contribution in [2.24, 2.45) is 0 Å². The number of carbonyl (C=O) groups is 1. The van der Waals surface area contributed by atoms with Crippen LogP contribution in [0.1, 0.15) is 43.6 Å². The second-order valence-corrected chi connectivity index (χ2v) is 6.45. The summed E-state index contributed by atoms with van der Waals surface area (Å²) in [5.41, 5.74) is 7.32. The first-order chi connectivity index (χ1) is 10.1. The predicted molar refractivity (Wildman–Crippen MR) is 84.2 cm³/mol. The molecule has 3 heterocycles. The third-order valence-corrected chi connectivity index (χ3v) is 4.80. The molecule has 2 saturated heterocycles. The van der Waals surface area contributed by atoms with Crippen LogP contribution in [0.15, 0.2) is 12.3 Å². The van der Waals surface area contributed by atoms with E-state index in [1.807, 2.05) is 21.7 Å². The zero-order chi connectivity index (χ0) is 15.0. The van der Waals surface area contributed by atoms with Crippen LogP contribution in [-0.4, -0.2) is 52.0 Å². The van der Waals surface area contributed by atoms with Crippen molar-refractivity contribution >= 4 is 11.6 Å². The van der Waals surface area contributed by atoms with E-state index in [1.54, 1.807) is 0 Å².